The zero-order valence-electron chi connectivity index (χ0n) is 31.2. The minimum absolute atomic E-state index is 0.0242. The molecule has 0 radical (unpaired) electrons. The maximum atomic E-state index is 10.7. The molecule has 1 aliphatic heterocycles. The third-order valence-electron chi connectivity index (χ3n) is 8.07. The number of guanidine groups is 2. The van der Waals surface area contributed by atoms with Gasteiger partial charge >= 0.3 is 42.7 Å². The molecule has 51 heavy (non-hydrogen) atoms. The average molecular weight is 709 g/mol. The number of hydrogen-bond acceptors (Lipinski definition) is 12. The summed E-state index contributed by atoms with van der Waals surface area (Å²) in [5.41, 5.74) is 1.61. The van der Waals surface area contributed by atoms with Crippen LogP contribution in [-0.4, -0.2) is 150 Å². The molecule has 0 saturated carbocycles. The van der Waals surface area contributed by atoms with E-state index in [0.717, 1.165) is 75.1 Å². The summed E-state index contributed by atoms with van der Waals surface area (Å²) < 4.78 is 5.89. The molecule has 0 spiro atoms. The van der Waals surface area contributed by atoms with E-state index < -0.39 is 35.3 Å². The van der Waals surface area contributed by atoms with Gasteiger partial charge in [-0.3, -0.25) is 14.9 Å². The Bertz CT molecular complexity index is 1220. The van der Waals surface area contributed by atoms with Crippen LogP contribution in [0, 0.1) is 0 Å². The summed E-state index contributed by atoms with van der Waals surface area (Å²) >= 11 is 0. The highest BCUT2D eigenvalue weighted by molar-refractivity contribution is 6.66. The molecule has 0 bridgehead atoms. The number of amidine groups is 1. The van der Waals surface area contributed by atoms with E-state index in [9.17, 15) is 29.9 Å². The number of carbonyl (C=O) groups is 1. The third kappa shape index (κ3) is 17.4. The summed E-state index contributed by atoms with van der Waals surface area (Å²) in [6, 6.07) is 3.83. The Balaban J connectivity index is 1.82. The summed E-state index contributed by atoms with van der Waals surface area (Å²) in [6.07, 6.45) is 9.55. The molecule has 0 aliphatic carbocycles. The van der Waals surface area contributed by atoms with Gasteiger partial charge in [0.2, 0.25) is 0 Å². The molecule has 0 fully saturated rings. The van der Waals surface area contributed by atoms with Crippen LogP contribution in [0.15, 0.2) is 33.1 Å². The maximum Gasteiger partial charge on any atom is 0.431 e. The van der Waals surface area contributed by atoms with Crippen LogP contribution in [0.5, 0.6) is 0 Å². The van der Waals surface area contributed by atoms with Crippen molar-refractivity contribution in [3.05, 3.63) is 29.6 Å². The second-order valence-electron chi connectivity index (χ2n) is 12.8. The Morgan fingerprint density at radius 2 is 1.65 bits per heavy atom. The Morgan fingerprint density at radius 1 is 0.980 bits per heavy atom. The molecule has 278 valence electrons. The van der Waals surface area contributed by atoms with E-state index in [4.69, 9.17) is 4.74 Å². The third-order valence-corrected chi connectivity index (χ3v) is 8.07. The van der Waals surface area contributed by atoms with Crippen molar-refractivity contribution in [2.75, 3.05) is 39.3 Å². The lowest BCUT2D eigenvalue weighted by atomic mass is 9.80. The fourth-order valence-corrected chi connectivity index (χ4v) is 5.59. The number of ether oxygens (including phenoxy) is 1. The molecule has 1 aromatic rings. The molecule has 0 unspecified atom stereocenters. The van der Waals surface area contributed by atoms with Gasteiger partial charge < -0.3 is 64.5 Å². The average Bonchev–Trinajstić information content (AvgIpc) is 3.08. The lowest BCUT2D eigenvalue weighted by Crippen LogP contribution is -2.56. The molecule has 16 nitrogen and oxygen atoms in total. The van der Waals surface area contributed by atoms with E-state index in [-0.39, 0.29) is 7.41 Å². The van der Waals surface area contributed by atoms with E-state index in [1.807, 2.05) is 16.9 Å². The number of nitrogens with one attached hydrogen (secondary N) is 2. The van der Waals surface area contributed by atoms with Gasteiger partial charge in [-0.15, -0.1) is 0 Å². The summed E-state index contributed by atoms with van der Waals surface area (Å²) in [7, 11) is -4.22. The standard InChI is InChI=1S/C29H57B6N9O7/c1-31(46)40-28(39-30-24-45)37-16-10-8-6-7-9-11-18-43(34(4)49)29(41-32(2)47)44(35(5)50)20-13-21-51-23-26-15-14-25(22-38-26)27-36-17-12-19-42(27)33(3)48/h14-15,22,24,30,46-50H,6-13,16-21,23H2,1-5H3,(H2,37,39,40)/b41-29+. The first-order chi connectivity index (χ1) is 24.4. The minimum Gasteiger partial charge on any atom is -0.433 e. The number of rotatable bonds is 23. The molecule has 22 heteroatoms. The van der Waals surface area contributed by atoms with Gasteiger partial charge in [0.1, 0.15) is 12.0 Å². The van der Waals surface area contributed by atoms with Crippen LogP contribution in [0.25, 0.3) is 0 Å². The van der Waals surface area contributed by atoms with Crippen molar-refractivity contribution in [3.63, 3.8) is 0 Å². The number of nitrogens with zero attached hydrogens (tertiary/aromatic N) is 7. The summed E-state index contributed by atoms with van der Waals surface area (Å²) in [5, 5.41) is 57.1. The first-order valence-corrected chi connectivity index (χ1v) is 18.3. The van der Waals surface area contributed by atoms with Crippen LogP contribution in [0.1, 0.15) is 62.6 Å². The monoisotopic (exact) mass is 709 g/mol. The Kier molecular flexibility index (Phi) is 21.7. The van der Waals surface area contributed by atoms with Gasteiger partial charge in [0.15, 0.2) is 11.9 Å². The number of hydrogen-bond donors (Lipinski definition) is 7. The lowest BCUT2D eigenvalue weighted by molar-refractivity contribution is 0.113. The van der Waals surface area contributed by atoms with Gasteiger partial charge in [-0.1, -0.05) is 25.7 Å². The number of carbonyl (C=O) groups excluding carboxylic acids is 1. The smallest absolute Gasteiger partial charge is 0.431 e. The van der Waals surface area contributed by atoms with Crippen molar-refractivity contribution in [2.24, 2.45) is 14.8 Å². The summed E-state index contributed by atoms with van der Waals surface area (Å²) in [5.74, 6) is 1.48. The van der Waals surface area contributed by atoms with Gasteiger partial charge in [-0.05, 0) is 71.9 Å². The van der Waals surface area contributed by atoms with E-state index >= 15 is 0 Å². The van der Waals surface area contributed by atoms with Gasteiger partial charge in [0, 0.05) is 51.1 Å². The predicted molar refractivity (Wildman–Crippen MR) is 211 cm³/mol. The summed E-state index contributed by atoms with van der Waals surface area (Å²) in [6.45, 7) is 11.8. The zero-order valence-corrected chi connectivity index (χ0v) is 31.2. The molecule has 0 saturated heterocycles. The second-order valence-corrected chi connectivity index (χ2v) is 12.8. The van der Waals surface area contributed by atoms with Crippen LogP contribution in [0.4, 0.5) is 0 Å². The Labute approximate surface area is 306 Å². The van der Waals surface area contributed by atoms with E-state index in [1.54, 1.807) is 43.1 Å². The van der Waals surface area contributed by atoms with Crippen molar-refractivity contribution >= 4 is 66.6 Å². The van der Waals surface area contributed by atoms with Crippen LogP contribution in [-0.2, 0) is 16.1 Å². The Morgan fingerprint density at radius 3 is 2.24 bits per heavy atom. The zero-order chi connectivity index (χ0) is 37.6. The molecule has 1 aliphatic rings. The minimum atomic E-state index is -1.03. The number of unbranched alkanes of at least 4 members (excludes halogenated alkanes) is 5. The van der Waals surface area contributed by atoms with Crippen molar-refractivity contribution in [3.8, 4) is 0 Å². The van der Waals surface area contributed by atoms with Crippen molar-refractivity contribution < 1.29 is 34.7 Å². The normalized spacial score (nSPS) is 13.3. The quantitative estimate of drug-likeness (QED) is 0.0249. The first kappa shape index (κ1) is 44.1. The topological polar surface area (TPSA) is 211 Å². The molecule has 0 amide bonds. The molecule has 0 atom stereocenters. The fourth-order valence-electron chi connectivity index (χ4n) is 5.59. The lowest BCUT2D eigenvalue weighted by Gasteiger charge is -2.37. The van der Waals surface area contributed by atoms with E-state index in [0.29, 0.717) is 57.4 Å². The highest BCUT2D eigenvalue weighted by atomic mass is 16.5. The van der Waals surface area contributed by atoms with Crippen molar-refractivity contribution in [1.29, 1.82) is 0 Å². The van der Waals surface area contributed by atoms with Crippen LogP contribution >= 0.6 is 0 Å². The highest BCUT2D eigenvalue weighted by Crippen LogP contribution is 2.14. The fraction of sp³-hybridized carbons (Fsp3) is 0.690. The molecular weight excluding hydrogens is 651 g/mol. The van der Waals surface area contributed by atoms with Crippen LogP contribution < -0.4 is 10.5 Å². The first-order valence-electron chi connectivity index (χ1n) is 18.3. The van der Waals surface area contributed by atoms with Crippen LogP contribution in [0.2, 0.25) is 34.1 Å². The van der Waals surface area contributed by atoms with Gasteiger partial charge in [0.25, 0.3) is 0 Å². The van der Waals surface area contributed by atoms with Gasteiger partial charge in [-0.25, -0.2) is 0 Å². The largest absolute Gasteiger partial charge is 0.433 e. The Hall–Kier alpha value is -3.02. The molecule has 7 N–H and O–H groups in total. The van der Waals surface area contributed by atoms with E-state index in [1.165, 1.54) is 6.82 Å². The van der Waals surface area contributed by atoms with Gasteiger partial charge in [0.05, 0.1) is 12.3 Å². The van der Waals surface area contributed by atoms with Gasteiger partial charge in [-0.2, -0.15) is 0 Å². The highest BCUT2D eigenvalue weighted by Gasteiger charge is 2.30. The van der Waals surface area contributed by atoms with E-state index in [2.05, 4.69) is 30.3 Å². The molecule has 2 rings (SSSR count). The summed E-state index contributed by atoms with van der Waals surface area (Å²) in [4.78, 5) is 33.4. The number of aromatic nitrogens is 1. The SMILES string of the molecule is CB(O)/N=C(\N(CCCCCCCCN/C(=N\BC=O)NB(C)O)B(C)O)N(CCCOCc1ccc(C2=NCCCN2B(C)O)cn1)B(C)O. The number of pyridine rings is 1. The van der Waals surface area contributed by atoms with Crippen molar-refractivity contribution in [1.82, 2.24) is 30.0 Å². The molecule has 2 heterocycles. The maximum absolute atomic E-state index is 10.7. The van der Waals surface area contributed by atoms with Crippen molar-refractivity contribution in [2.45, 2.75) is 92.1 Å². The number of aliphatic imine (C=N–C) groups is 1. The molecule has 1 aromatic heterocycles. The molecule has 0 aromatic carbocycles. The van der Waals surface area contributed by atoms with Crippen LogP contribution in [0.3, 0.4) is 0 Å². The molecular formula is C29H57B6N9O7. The second kappa shape index (κ2) is 25.0. The predicted octanol–water partition coefficient (Wildman–Crippen LogP) is -0.630.